The lowest BCUT2D eigenvalue weighted by Gasteiger charge is -2.08. The number of carbonyl (C=O) groups is 1. The quantitative estimate of drug-likeness (QED) is 0.670. The van der Waals surface area contributed by atoms with Crippen LogP contribution in [0.15, 0.2) is 29.2 Å². The lowest BCUT2D eigenvalue weighted by molar-refractivity contribution is 0.245. The third kappa shape index (κ3) is 5.27. The average Bonchev–Trinajstić information content (AvgIpc) is 2.34. The van der Waals surface area contributed by atoms with Gasteiger partial charge in [-0.3, -0.25) is 0 Å². The molecule has 2 amide bonds. The van der Waals surface area contributed by atoms with Gasteiger partial charge < -0.3 is 11.1 Å². The average molecular weight is 285 g/mol. The normalized spacial score (nSPS) is 11.1. The van der Waals surface area contributed by atoms with Crippen LogP contribution in [-0.2, 0) is 10.0 Å². The minimum absolute atomic E-state index is 0.0650. The molecule has 19 heavy (non-hydrogen) atoms. The van der Waals surface area contributed by atoms with Crippen molar-refractivity contribution in [3.05, 3.63) is 29.8 Å². The molecule has 0 fully saturated rings. The van der Waals surface area contributed by atoms with Gasteiger partial charge in [-0.05, 0) is 38.4 Å². The van der Waals surface area contributed by atoms with Crippen LogP contribution >= 0.6 is 0 Å². The highest BCUT2D eigenvalue weighted by Crippen LogP contribution is 2.09. The summed E-state index contributed by atoms with van der Waals surface area (Å²) in [7, 11) is -3.81. The maximum Gasteiger partial charge on any atom is 0.328 e. The number of nitrogens with two attached hydrogens (primary N) is 1. The molecule has 0 heterocycles. The first-order chi connectivity index (χ1) is 8.95. The minimum atomic E-state index is -3.81. The van der Waals surface area contributed by atoms with Crippen LogP contribution in [0.3, 0.4) is 0 Å². The van der Waals surface area contributed by atoms with Crippen molar-refractivity contribution in [2.75, 3.05) is 13.1 Å². The number of urea groups is 1. The van der Waals surface area contributed by atoms with Gasteiger partial charge in [0, 0.05) is 6.54 Å². The third-order valence-corrected chi connectivity index (χ3v) is 3.82. The predicted molar refractivity (Wildman–Crippen MR) is 73.2 cm³/mol. The smallest absolute Gasteiger partial charge is 0.328 e. The maximum absolute atomic E-state index is 11.9. The largest absolute Gasteiger partial charge is 0.337 e. The van der Waals surface area contributed by atoms with Gasteiger partial charge in [0.05, 0.1) is 4.90 Å². The molecular weight excluding hydrogens is 266 g/mol. The number of hydrogen-bond donors (Lipinski definition) is 3. The van der Waals surface area contributed by atoms with Gasteiger partial charge in [0.1, 0.15) is 0 Å². The van der Waals surface area contributed by atoms with Gasteiger partial charge in [0.15, 0.2) is 0 Å². The van der Waals surface area contributed by atoms with Crippen molar-refractivity contribution in [1.82, 2.24) is 10.0 Å². The molecule has 6 nitrogen and oxygen atoms in total. The van der Waals surface area contributed by atoms with Crippen LogP contribution in [-0.4, -0.2) is 27.5 Å². The lowest BCUT2D eigenvalue weighted by Crippen LogP contribution is -2.39. The van der Waals surface area contributed by atoms with Crippen molar-refractivity contribution in [2.45, 2.75) is 24.7 Å². The zero-order chi connectivity index (χ0) is 14.3. The van der Waals surface area contributed by atoms with E-state index in [1.54, 1.807) is 12.1 Å². The van der Waals surface area contributed by atoms with Crippen LogP contribution in [0, 0.1) is 6.92 Å². The monoisotopic (exact) mass is 285 g/mol. The molecule has 0 aromatic heterocycles. The number of amides is 2. The van der Waals surface area contributed by atoms with Crippen LogP contribution in [0.2, 0.25) is 0 Å². The molecule has 1 aromatic rings. The molecule has 4 N–H and O–H groups in total. The lowest BCUT2D eigenvalue weighted by atomic mass is 10.2. The highest BCUT2D eigenvalue weighted by molar-refractivity contribution is 7.90. The van der Waals surface area contributed by atoms with E-state index in [2.05, 4.69) is 5.32 Å². The van der Waals surface area contributed by atoms with E-state index in [-0.39, 0.29) is 4.90 Å². The zero-order valence-electron chi connectivity index (χ0n) is 10.8. The summed E-state index contributed by atoms with van der Waals surface area (Å²) in [6.45, 7) is 2.80. The molecule has 0 saturated carbocycles. The number of benzene rings is 1. The van der Waals surface area contributed by atoms with E-state index in [4.69, 9.17) is 5.73 Å². The van der Waals surface area contributed by atoms with Gasteiger partial charge in [-0.1, -0.05) is 17.7 Å². The molecule has 0 atom stereocenters. The number of nitrogens with one attached hydrogen (secondary N) is 2. The summed E-state index contributed by atoms with van der Waals surface area (Å²) in [4.78, 5) is 11.5. The summed E-state index contributed by atoms with van der Waals surface area (Å²) in [6.07, 6.45) is 1.50. The Kier molecular flexibility index (Phi) is 5.78. The maximum atomic E-state index is 11.9. The molecule has 0 saturated heterocycles. The number of hydrogen-bond acceptors (Lipinski definition) is 4. The molecule has 0 aliphatic rings. The second-order valence-corrected chi connectivity index (χ2v) is 5.85. The van der Waals surface area contributed by atoms with E-state index in [1.165, 1.54) is 12.1 Å². The van der Waals surface area contributed by atoms with Crippen molar-refractivity contribution in [3.8, 4) is 0 Å². The number of aryl methyl sites for hydroxylation is 1. The Morgan fingerprint density at radius 1 is 1.21 bits per heavy atom. The van der Waals surface area contributed by atoms with Crippen molar-refractivity contribution in [2.24, 2.45) is 5.73 Å². The molecule has 0 aliphatic heterocycles. The third-order valence-electron chi connectivity index (χ3n) is 2.47. The topological polar surface area (TPSA) is 101 Å². The van der Waals surface area contributed by atoms with Crippen LogP contribution < -0.4 is 15.8 Å². The van der Waals surface area contributed by atoms with Gasteiger partial charge in [-0.25, -0.2) is 17.9 Å². The Bertz CT molecular complexity index is 512. The first kappa shape index (κ1) is 15.5. The summed E-state index contributed by atoms with van der Waals surface area (Å²) in [6, 6.07) is 5.54. The second-order valence-electron chi connectivity index (χ2n) is 4.17. The molecule has 7 heteroatoms. The van der Waals surface area contributed by atoms with E-state index in [1.807, 2.05) is 11.6 Å². The molecule has 106 valence electrons. The van der Waals surface area contributed by atoms with E-state index in [9.17, 15) is 13.2 Å². The van der Waals surface area contributed by atoms with Crippen molar-refractivity contribution >= 4 is 16.1 Å². The van der Waals surface area contributed by atoms with Crippen molar-refractivity contribution < 1.29 is 13.2 Å². The Morgan fingerprint density at radius 3 is 2.42 bits per heavy atom. The van der Waals surface area contributed by atoms with Crippen molar-refractivity contribution in [1.29, 1.82) is 0 Å². The predicted octanol–water partition coefficient (Wildman–Crippen LogP) is 0.722. The SMILES string of the molecule is Cc1ccc(S(=O)(=O)NC(=O)NCCCCN)cc1. The van der Waals surface area contributed by atoms with Gasteiger partial charge >= 0.3 is 6.03 Å². The second kappa shape index (κ2) is 7.10. The molecule has 0 unspecified atom stereocenters. The summed E-state index contributed by atoms with van der Waals surface area (Å²) >= 11 is 0. The zero-order valence-corrected chi connectivity index (χ0v) is 11.7. The van der Waals surface area contributed by atoms with E-state index in [0.717, 1.165) is 12.0 Å². The van der Waals surface area contributed by atoms with Crippen LogP contribution in [0.1, 0.15) is 18.4 Å². The number of carbonyl (C=O) groups excluding carboxylic acids is 1. The number of rotatable bonds is 6. The Balaban J connectivity index is 2.55. The van der Waals surface area contributed by atoms with Crippen molar-refractivity contribution in [3.63, 3.8) is 0 Å². The fourth-order valence-electron chi connectivity index (χ4n) is 1.41. The van der Waals surface area contributed by atoms with Crippen LogP contribution in [0.4, 0.5) is 4.79 Å². The standard InChI is InChI=1S/C12H19N3O3S/c1-10-4-6-11(7-5-10)19(17,18)15-12(16)14-9-3-2-8-13/h4-7H,2-3,8-9,13H2,1H3,(H2,14,15,16). The molecule has 1 rings (SSSR count). The molecule has 0 spiro atoms. The minimum Gasteiger partial charge on any atom is -0.337 e. The first-order valence-electron chi connectivity index (χ1n) is 6.03. The fraction of sp³-hybridized carbons (Fsp3) is 0.417. The summed E-state index contributed by atoms with van der Waals surface area (Å²) in [5.74, 6) is 0. The Morgan fingerprint density at radius 2 is 1.84 bits per heavy atom. The highest BCUT2D eigenvalue weighted by Gasteiger charge is 2.16. The van der Waals surface area contributed by atoms with Gasteiger partial charge in [0.2, 0.25) is 0 Å². The number of sulfonamides is 1. The molecule has 0 radical (unpaired) electrons. The molecule has 0 aliphatic carbocycles. The highest BCUT2D eigenvalue weighted by atomic mass is 32.2. The van der Waals surface area contributed by atoms with Crippen LogP contribution in [0.5, 0.6) is 0 Å². The van der Waals surface area contributed by atoms with Gasteiger partial charge in [-0.2, -0.15) is 0 Å². The Hall–Kier alpha value is -1.60. The van der Waals surface area contributed by atoms with Gasteiger partial charge in [0.25, 0.3) is 10.0 Å². The van der Waals surface area contributed by atoms with Gasteiger partial charge in [-0.15, -0.1) is 0 Å². The van der Waals surface area contributed by atoms with E-state index >= 15 is 0 Å². The molecule has 1 aromatic carbocycles. The molecule has 0 bridgehead atoms. The fourth-order valence-corrected chi connectivity index (χ4v) is 2.33. The first-order valence-corrected chi connectivity index (χ1v) is 7.51. The molecular formula is C12H19N3O3S. The van der Waals surface area contributed by atoms with Crippen LogP contribution in [0.25, 0.3) is 0 Å². The van der Waals surface area contributed by atoms with E-state index < -0.39 is 16.1 Å². The summed E-state index contributed by atoms with van der Waals surface area (Å²) in [5, 5.41) is 2.47. The van der Waals surface area contributed by atoms with E-state index in [0.29, 0.717) is 19.5 Å². The number of unbranched alkanes of at least 4 members (excludes halogenated alkanes) is 1. The Labute approximate surface area is 113 Å². The summed E-state index contributed by atoms with van der Waals surface area (Å²) < 4.78 is 25.7. The summed E-state index contributed by atoms with van der Waals surface area (Å²) in [5.41, 5.74) is 6.26.